The van der Waals surface area contributed by atoms with E-state index in [0.717, 1.165) is 0 Å². The Labute approximate surface area is 93.2 Å². The van der Waals surface area contributed by atoms with E-state index in [9.17, 15) is 9.18 Å². The molecule has 0 spiro atoms. The number of hydrogen-bond acceptors (Lipinski definition) is 3. The van der Waals surface area contributed by atoms with E-state index in [-0.39, 0.29) is 5.82 Å². The van der Waals surface area contributed by atoms with E-state index in [1.54, 1.807) is 32.0 Å². The molecule has 0 bridgehead atoms. The normalized spacial score (nSPS) is 27.6. The minimum atomic E-state index is -0.877. The molecule has 16 heavy (non-hydrogen) atoms. The van der Waals surface area contributed by atoms with Crippen molar-refractivity contribution >= 4 is 5.97 Å². The maximum absolute atomic E-state index is 13.5. The van der Waals surface area contributed by atoms with Gasteiger partial charge in [0, 0.05) is 5.56 Å². The molecule has 1 aliphatic rings. The molecular formula is C12H13FO3. The summed E-state index contributed by atoms with van der Waals surface area (Å²) in [7, 11) is 0. The van der Waals surface area contributed by atoms with Gasteiger partial charge >= 0.3 is 5.97 Å². The second-order valence-electron chi connectivity index (χ2n) is 3.84. The summed E-state index contributed by atoms with van der Waals surface area (Å²) in [5.41, 5.74) is -0.481. The Morgan fingerprint density at radius 3 is 2.88 bits per heavy atom. The van der Waals surface area contributed by atoms with Crippen LogP contribution in [0.15, 0.2) is 24.3 Å². The molecule has 4 heteroatoms. The van der Waals surface area contributed by atoms with E-state index >= 15 is 0 Å². The van der Waals surface area contributed by atoms with Gasteiger partial charge in [0.25, 0.3) is 0 Å². The molecule has 2 atom stereocenters. The first-order chi connectivity index (χ1) is 7.59. The van der Waals surface area contributed by atoms with Crippen molar-refractivity contribution in [2.75, 3.05) is 6.61 Å². The lowest BCUT2D eigenvalue weighted by atomic mass is 9.97. The van der Waals surface area contributed by atoms with E-state index in [1.807, 2.05) is 0 Å². The lowest BCUT2D eigenvalue weighted by molar-refractivity contribution is -0.144. The highest BCUT2D eigenvalue weighted by atomic mass is 19.1. The summed E-state index contributed by atoms with van der Waals surface area (Å²) < 4.78 is 23.6. The first-order valence-corrected chi connectivity index (χ1v) is 5.19. The van der Waals surface area contributed by atoms with Gasteiger partial charge in [-0.2, -0.15) is 0 Å². The number of rotatable bonds is 3. The van der Waals surface area contributed by atoms with Gasteiger partial charge in [0.1, 0.15) is 11.4 Å². The van der Waals surface area contributed by atoms with Crippen molar-refractivity contribution in [1.82, 2.24) is 0 Å². The molecule has 2 rings (SSSR count). The Kier molecular flexibility index (Phi) is 2.68. The van der Waals surface area contributed by atoms with E-state index in [0.29, 0.717) is 12.2 Å². The number of carbonyl (C=O) groups excluding carboxylic acids is 1. The average molecular weight is 224 g/mol. The predicted molar refractivity (Wildman–Crippen MR) is 55.3 cm³/mol. The molecule has 1 aromatic carbocycles. The third-order valence-electron chi connectivity index (χ3n) is 2.72. The van der Waals surface area contributed by atoms with Crippen LogP contribution in [-0.4, -0.2) is 18.7 Å². The molecule has 0 amide bonds. The number of benzene rings is 1. The molecule has 1 fully saturated rings. The molecule has 1 heterocycles. The summed E-state index contributed by atoms with van der Waals surface area (Å²) >= 11 is 0. The van der Waals surface area contributed by atoms with E-state index in [4.69, 9.17) is 9.47 Å². The highest BCUT2D eigenvalue weighted by Gasteiger charge is 2.60. The molecule has 0 aromatic heterocycles. The Balaban J connectivity index is 2.19. The molecule has 86 valence electrons. The Morgan fingerprint density at radius 1 is 1.56 bits per heavy atom. The topological polar surface area (TPSA) is 38.8 Å². The second kappa shape index (κ2) is 3.87. The highest BCUT2D eigenvalue weighted by molar-refractivity contribution is 5.79. The zero-order valence-electron chi connectivity index (χ0n) is 9.20. The lowest BCUT2D eigenvalue weighted by Crippen LogP contribution is -2.19. The van der Waals surface area contributed by atoms with E-state index in [2.05, 4.69) is 0 Å². The van der Waals surface area contributed by atoms with Gasteiger partial charge in [0.15, 0.2) is 6.10 Å². The Bertz CT molecular complexity index is 418. The van der Waals surface area contributed by atoms with Gasteiger partial charge in [-0.15, -0.1) is 0 Å². The van der Waals surface area contributed by atoms with Crippen LogP contribution in [0.2, 0.25) is 0 Å². The number of carbonyl (C=O) groups is 1. The molecule has 0 N–H and O–H groups in total. The van der Waals surface area contributed by atoms with Crippen molar-refractivity contribution in [2.24, 2.45) is 0 Å². The van der Waals surface area contributed by atoms with Crippen LogP contribution in [-0.2, 0) is 19.9 Å². The van der Waals surface area contributed by atoms with Crippen LogP contribution in [0.5, 0.6) is 0 Å². The molecular weight excluding hydrogens is 211 g/mol. The van der Waals surface area contributed by atoms with Crippen LogP contribution in [0.25, 0.3) is 0 Å². The standard InChI is InChI=1S/C12H13FO3/c1-3-15-11(14)10-12(2,16-10)8-6-4-5-7-9(8)13/h4-7,10H,3H2,1-2H3. The maximum Gasteiger partial charge on any atom is 0.338 e. The summed E-state index contributed by atoms with van der Waals surface area (Å²) in [4.78, 5) is 11.4. The molecule has 1 aliphatic heterocycles. The summed E-state index contributed by atoms with van der Waals surface area (Å²) in [5.74, 6) is -0.801. The molecule has 1 aromatic rings. The number of hydrogen-bond donors (Lipinski definition) is 0. The average Bonchev–Trinajstić information content (AvgIpc) is 2.93. The van der Waals surface area contributed by atoms with Gasteiger partial charge in [-0.05, 0) is 19.9 Å². The minimum absolute atomic E-state index is 0.298. The van der Waals surface area contributed by atoms with Gasteiger partial charge in [-0.1, -0.05) is 18.2 Å². The van der Waals surface area contributed by atoms with Crippen molar-refractivity contribution in [3.05, 3.63) is 35.6 Å². The van der Waals surface area contributed by atoms with Crippen molar-refractivity contribution < 1.29 is 18.7 Å². The second-order valence-corrected chi connectivity index (χ2v) is 3.84. The van der Waals surface area contributed by atoms with Gasteiger partial charge in [-0.3, -0.25) is 0 Å². The first-order valence-electron chi connectivity index (χ1n) is 5.19. The first kappa shape index (κ1) is 11.1. The highest BCUT2D eigenvalue weighted by Crippen LogP contribution is 2.47. The van der Waals surface area contributed by atoms with Gasteiger partial charge in [-0.25, -0.2) is 9.18 Å². The predicted octanol–water partition coefficient (Wildman–Crippen LogP) is 2.00. The number of epoxide rings is 1. The third kappa shape index (κ3) is 1.69. The maximum atomic E-state index is 13.5. The molecule has 2 unspecified atom stereocenters. The van der Waals surface area contributed by atoms with Crippen molar-refractivity contribution in [1.29, 1.82) is 0 Å². The molecule has 3 nitrogen and oxygen atoms in total. The Morgan fingerprint density at radius 2 is 2.25 bits per heavy atom. The van der Waals surface area contributed by atoms with Crippen LogP contribution < -0.4 is 0 Å². The van der Waals surface area contributed by atoms with E-state index < -0.39 is 17.7 Å². The molecule has 0 saturated carbocycles. The minimum Gasteiger partial charge on any atom is -0.464 e. The van der Waals surface area contributed by atoms with Crippen LogP contribution in [0.3, 0.4) is 0 Å². The van der Waals surface area contributed by atoms with Gasteiger partial charge in [0.05, 0.1) is 6.61 Å². The largest absolute Gasteiger partial charge is 0.464 e. The van der Waals surface area contributed by atoms with Crippen LogP contribution in [0, 0.1) is 5.82 Å². The van der Waals surface area contributed by atoms with Crippen LogP contribution >= 0.6 is 0 Å². The van der Waals surface area contributed by atoms with Crippen LogP contribution in [0.1, 0.15) is 19.4 Å². The molecule has 0 aliphatic carbocycles. The summed E-state index contributed by atoms with van der Waals surface area (Å²) in [6.45, 7) is 3.71. The molecule has 0 radical (unpaired) electrons. The fourth-order valence-electron chi connectivity index (χ4n) is 1.77. The smallest absolute Gasteiger partial charge is 0.338 e. The monoisotopic (exact) mass is 224 g/mol. The SMILES string of the molecule is CCOC(=O)C1OC1(C)c1ccccc1F. The van der Waals surface area contributed by atoms with Gasteiger partial charge < -0.3 is 9.47 Å². The summed E-state index contributed by atoms with van der Waals surface area (Å²) in [6, 6.07) is 6.29. The summed E-state index contributed by atoms with van der Waals surface area (Å²) in [6.07, 6.45) is -0.690. The Hall–Kier alpha value is -1.42. The molecule has 1 saturated heterocycles. The number of ether oxygens (including phenoxy) is 2. The van der Waals surface area contributed by atoms with Crippen molar-refractivity contribution in [2.45, 2.75) is 25.6 Å². The fraction of sp³-hybridized carbons (Fsp3) is 0.417. The quantitative estimate of drug-likeness (QED) is 0.582. The zero-order chi connectivity index (χ0) is 11.8. The van der Waals surface area contributed by atoms with Gasteiger partial charge in [0.2, 0.25) is 0 Å². The fourth-order valence-corrected chi connectivity index (χ4v) is 1.77. The third-order valence-corrected chi connectivity index (χ3v) is 2.72. The van der Waals surface area contributed by atoms with E-state index in [1.165, 1.54) is 6.07 Å². The van der Waals surface area contributed by atoms with Crippen molar-refractivity contribution in [3.63, 3.8) is 0 Å². The zero-order valence-corrected chi connectivity index (χ0v) is 9.20. The van der Waals surface area contributed by atoms with Crippen molar-refractivity contribution in [3.8, 4) is 0 Å². The number of halogens is 1. The summed E-state index contributed by atoms with van der Waals surface area (Å²) in [5, 5.41) is 0. The van der Waals surface area contributed by atoms with Crippen LogP contribution in [0.4, 0.5) is 4.39 Å². The number of esters is 1. The lowest BCUT2D eigenvalue weighted by Gasteiger charge is -2.07.